The van der Waals surface area contributed by atoms with Gasteiger partial charge in [-0.1, -0.05) is 24.3 Å². The van der Waals surface area contributed by atoms with E-state index in [-0.39, 0.29) is 6.04 Å². The number of nitrogens with zero attached hydrogens (tertiary/aromatic N) is 1. The molecule has 0 spiro atoms. The summed E-state index contributed by atoms with van der Waals surface area (Å²) in [6.07, 6.45) is 3.51. The number of rotatable bonds is 3. The lowest BCUT2D eigenvalue weighted by molar-refractivity contribution is 0.505. The van der Waals surface area contributed by atoms with Crippen molar-refractivity contribution in [1.82, 2.24) is 10.3 Å². The maximum Gasteiger partial charge on any atom is 0.159 e. The molecule has 1 N–H and O–H groups in total. The van der Waals surface area contributed by atoms with Gasteiger partial charge in [0.25, 0.3) is 0 Å². The first-order chi connectivity index (χ1) is 10.2. The fourth-order valence-electron chi connectivity index (χ4n) is 2.59. The lowest BCUT2D eigenvalue weighted by atomic mass is 9.94. The van der Waals surface area contributed by atoms with Crippen molar-refractivity contribution in [3.8, 4) is 0 Å². The van der Waals surface area contributed by atoms with Crippen LogP contribution in [0.1, 0.15) is 17.2 Å². The highest BCUT2D eigenvalue weighted by molar-refractivity contribution is 5.85. The van der Waals surface area contributed by atoms with E-state index in [4.69, 9.17) is 0 Å². The van der Waals surface area contributed by atoms with E-state index in [1.165, 1.54) is 6.07 Å². The molecule has 0 saturated carbocycles. The molecule has 0 radical (unpaired) electrons. The molecule has 0 aliphatic rings. The topological polar surface area (TPSA) is 24.9 Å². The van der Waals surface area contributed by atoms with Crippen LogP contribution in [-0.4, -0.2) is 12.0 Å². The first-order valence-corrected chi connectivity index (χ1v) is 6.65. The van der Waals surface area contributed by atoms with Crippen LogP contribution in [0.3, 0.4) is 0 Å². The van der Waals surface area contributed by atoms with E-state index >= 15 is 0 Å². The lowest BCUT2D eigenvalue weighted by Gasteiger charge is -2.19. The maximum absolute atomic E-state index is 13.5. The Hall–Kier alpha value is -2.33. The van der Waals surface area contributed by atoms with Crippen molar-refractivity contribution in [2.24, 2.45) is 0 Å². The number of benzene rings is 2. The average molecular weight is 284 g/mol. The zero-order chi connectivity index (χ0) is 14.8. The third-order valence-electron chi connectivity index (χ3n) is 3.59. The quantitative estimate of drug-likeness (QED) is 0.791. The Labute approximate surface area is 121 Å². The van der Waals surface area contributed by atoms with Gasteiger partial charge in [-0.25, -0.2) is 8.78 Å². The molecule has 1 aromatic heterocycles. The van der Waals surface area contributed by atoms with Gasteiger partial charge in [0.05, 0.1) is 6.04 Å². The molecule has 21 heavy (non-hydrogen) atoms. The highest BCUT2D eigenvalue weighted by Gasteiger charge is 2.16. The summed E-state index contributed by atoms with van der Waals surface area (Å²) in [5.74, 6) is -1.68. The molecule has 3 aromatic rings. The summed E-state index contributed by atoms with van der Waals surface area (Å²) in [4.78, 5) is 4.11. The van der Waals surface area contributed by atoms with E-state index in [1.54, 1.807) is 25.5 Å². The van der Waals surface area contributed by atoms with Crippen molar-refractivity contribution >= 4 is 10.8 Å². The van der Waals surface area contributed by atoms with Gasteiger partial charge in [-0.3, -0.25) is 4.98 Å². The van der Waals surface area contributed by atoms with Crippen LogP contribution in [0.15, 0.2) is 54.9 Å². The SMILES string of the molecule is CNC(c1ccc(F)c(F)c1)c1cccc2cnccc12. The number of pyridine rings is 1. The Morgan fingerprint density at radius 2 is 1.90 bits per heavy atom. The largest absolute Gasteiger partial charge is 0.309 e. The summed E-state index contributed by atoms with van der Waals surface area (Å²) in [5, 5.41) is 5.21. The van der Waals surface area contributed by atoms with Gasteiger partial charge in [-0.15, -0.1) is 0 Å². The van der Waals surface area contributed by atoms with Crippen molar-refractivity contribution in [2.75, 3.05) is 7.05 Å². The molecule has 0 aliphatic carbocycles. The number of fused-ring (bicyclic) bond motifs is 1. The molecule has 2 aromatic carbocycles. The summed E-state index contributed by atoms with van der Waals surface area (Å²) < 4.78 is 26.6. The van der Waals surface area contributed by atoms with E-state index in [9.17, 15) is 8.78 Å². The lowest BCUT2D eigenvalue weighted by Crippen LogP contribution is -2.18. The minimum atomic E-state index is -0.838. The molecule has 0 aliphatic heterocycles. The van der Waals surface area contributed by atoms with E-state index in [2.05, 4.69) is 10.3 Å². The maximum atomic E-state index is 13.5. The van der Waals surface area contributed by atoms with E-state index in [0.29, 0.717) is 5.56 Å². The average Bonchev–Trinajstić information content (AvgIpc) is 2.52. The summed E-state index contributed by atoms with van der Waals surface area (Å²) in [5.41, 5.74) is 1.68. The molecule has 2 nitrogen and oxygen atoms in total. The van der Waals surface area contributed by atoms with Crippen LogP contribution in [0.5, 0.6) is 0 Å². The molecule has 4 heteroatoms. The molecule has 1 unspecified atom stereocenters. The van der Waals surface area contributed by atoms with Crippen molar-refractivity contribution in [3.63, 3.8) is 0 Å². The monoisotopic (exact) mass is 284 g/mol. The Balaban J connectivity index is 2.16. The van der Waals surface area contributed by atoms with E-state index in [1.807, 2.05) is 24.3 Å². The second kappa shape index (κ2) is 5.58. The van der Waals surface area contributed by atoms with Crippen molar-refractivity contribution in [3.05, 3.63) is 77.6 Å². The second-order valence-corrected chi connectivity index (χ2v) is 4.84. The minimum Gasteiger partial charge on any atom is -0.309 e. The third-order valence-corrected chi connectivity index (χ3v) is 3.59. The normalized spacial score (nSPS) is 12.5. The van der Waals surface area contributed by atoms with Crippen LogP contribution in [0.2, 0.25) is 0 Å². The molecule has 0 bridgehead atoms. The Kier molecular flexibility index (Phi) is 3.62. The first-order valence-electron chi connectivity index (χ1n) is 6.65. The fraction of sp³-hybridized carbons (Fsp3) is 0.118. The molecule has 3 rings (SSSR count). The minimum absolute atomic E-state index is 0.216. The van der Waals surface area contributed by atoms with Crippen LogP contribution in [0.25, 0.3) is 10.8 Å². The molecule has 1 heterocycles. The second-order valence-electron chi connectivity index (χ2n) is 4.84. The van der Waals surface area contributed by atoms with Gasteiger partial charge in [0.1, 0.15) is 0 Å². The summed E-state index contributed by atoms with van der Waals surface area (Å²) in [7, 11) is 1.80. The highest BCUT2D eigenvalue weighted by Crippen LogP contribution is 2.29. The van der Waals surface area contributed by atoms with Crippen LogP contribution in [-0.2, 0) is 0 Å². The predicted molar refractivity (Wildman–Crippen MR) is 79.0 cm³/mol. The van der Waals surface area contributed by atoms with Gasteiger partial charge >= 0.3 is 0 Å². The summed E-state index contributed by atoms with van der Waals surface area (Å²) in [6, 6.07) is 11.6. The summed E-state index contributed by atoms with van der Waals surface area (Å²) >= 11 is 0. The zero-order valence-electron chi connectivity index (χ0n) is 11.5. The molecule has 0 fully saturated rings. The zero-order valence-corrected chi connectivity index (χ0v) is 11.5. The molecule has 0 amide bonds. The van der Waals surface area contributed by atoms with Crippen molar-refractivity contribution in [2.45, 2.75) is 6.04 Å². The highest BCUT2D eigenvalue weighted by atomic mass is 19.2. The van der Waals surface area contributed by atoms with Crippen LogP contribution < -0.4 is 5.32 Å². The van der Waals surface area contributed by atoms with Gasteiger partial charge in [0.2, 0.25) is 0 Å². The van der Waals surface area contributed by atoms with E-state index in [0.717, 1.165) is 22.4 Å². The number of halogens is 2. The predicted octanol–water partition coefficient (Wildman–Crippen LogP) is 3.82. The van der Waals surface area contributed by atoms with Crippen molar-refractivity contribution < 1.29 is 8.78 Å². The Morgan fingerprint density at radius 3 is 2.67 bits per heavy atom. The molecular weight excluding hydrogens is 270 g/mol. The molecular formula is C17H14F2N2. The standard InChI is InChI=1S/C17H14F2N2/c1-20-17(11-5-6-15(18)16(19)9-11)14-4-2-3-12-10-21-8-7-13(12)14/h2-10,17,20H,1H3. The van der Waals surface area contributed by atoms with Gasteiger partial charge in [-0.05, 0) is 41.8 Å². The fourth-order valence-corrected chi connectivity index (χ4v) is 2.59. The van der Waals surface area contributed by atoms with E-state index < -0.39 is 11.6 Å². The number of nitrogens with one attached hydrogen (secondary N) is 1. The van der Waals surface area contributed by atoms with Crippen LogP contribution >= 0.6 is 0 Å². The Bertz CT molecular complexity index is 781. The summed E-state index contributed by atoms with van der Waals surface area (Å²) in [6.45, 7) is 0. The molecule has 1 atom stereocenters. The Morgan fingerprint density at radius 1 is 1.05 bits per heavy atom. The first kappa shape index (κ1) is 13.6. The number of aromatic nitrogens is 1. The van der Waals surface area contributed by atoms with Gasteiger partial charge in [0, 0.05) is 17.8 Å². The molecule has 106 valence electrons. The third kappa shape index (κ3) is 2.50. The van der Waals surface area contributed by atoms with Crippen LogP contribution in [0, 0.1) is 11.6 Å². The van der Waals surface area contributed by atoms with Gasteiger partial charge in [0.15, 0.2) is 11.6 Å². The molecule has 0 saturated heterocycles. The van der Waals surface area contributed by atoms with Gasteiger partial charge < -0.3 is 5.32 Å². The smallest absolute Gasteiger partial charge is 0.159 e. The van der Waals surface area contributed by atoms with Crippen LogP contribution in [0.4, 0.5) is 8.78 Å². The number of hydrogen-bond donors (Lipinski definition) is 1. The number of hydrogen-bond acceptors (Lipinski definition) is 2. The van der Waals surface area contributed by atoms with Crippen molar-refractivity contribution in [1.29, 1.82) is 0 Å². The van der Waals surface area contributed by atoms with Gasteiger partial charge in [-0.2, -0.15) is 0 Å².